The highest BCUT2D eigenvalue weighted by Crippen LogP contribution is 2.24. The second-order valence-corrected chi connectivity index (χ2v) is 6.07. The molecule has 2 rings (SSSR count). The predicted octanol–water partition coefficient (Wildman–Crippen LogP) is -0.284. The number of piperidine rings is 1. The lowest BCUT2D eigenvalue weighted by atomic mass is 10.0. The highest BCUT2D eigenvalue weighted by atomic mass is 16.5. The van der Waals surface area contributed by atoms with Crippen LogP contribution in [0.15, 0.2) is 0 Å². The molecule has 6 nitrogen and oxygen atoms in total. The van der Waals surface area contributed by atoms with Gasteiger partial charge in [0.2, 0.25) is 5.91 Å². The number of carbonyl (C=O) groups is 1. The Morgan fingerprint density at radius 3 is 2.90 bits per heavy atom. The summed E-state index contributed by atoms with van der Waals surface area (Å²) in [6.45, 7) is 3.98. The van der Waals surface area contributed by atoms with Gasteiger partial charge >= 0.3 is 0 Å². The zero-order valence-electron chi connectivity index (χ0n) is 13.0. The Kier molecular flexibility index (Phi) is 6.89. The van der Waals surface area contributed by atoms with Crippen LogP contribution in [0, 0.1) is 0 Å². The van der Waals surface area contributed by atoms with Gasteiger partial charge in [-0.05, 0) is 51.7 Å². The predicted molar refractivity (Wildman–Crippen MR) is 81.1 cm³/mol. The van der Waals surface area contributed by atoms with Gasteiger partial charge in [-0.3, -0.25) is 9.69 Å². The summed E-state index contributed by atoms with van der Waals surface area (Å²) in [5.74, 6) is 0.121. The van der Waals surface area contributed by atoms with Crippen molar-refractivity contribution in [1.29, 1.82) is 0 Å². The van der Waals surface area contributed by atoms with Gasteiger partial charge in [0.25, 0.3) is 0 Å². The lowest BCUT2D eigenvalue weighted by Crippen LogP contribution is -2.51. The summed E-state index contributed by atoms with van der Waals surface area (Å²) >= 11 is 0. The maximum atomic E-state index is 12.4. The van der Waals surface area contributed by atoms with Gasteiger partial charge < -0.3 is 20.5 Å². The van der Waals surface area contributed by atoms with Gasteiger partial charge in [-0.2, -0.15) is 0 Å². The molecule has 21 heavy (non-hydrogen) atoms. The molecule has 0 aromatic heterocycles. The Bertz CT molecular complexity index is 321. The minimum absolute atomic E-state index is 0.0210. The topological polar surface area (TPSA) is 73.8 Å². The van der Waals surface area contributed by atoms with Crippen LogP contribution in [-0.4, -0.2) is 74.0 Å². The second kappa shape index (κ2) is 8.68. The molecule has 6 heteroatoms. The van der Waals surface area contributed by atoms with Crippen LogP contribution in [0.2, 0.25) is 0 Å². The number of nitrogens with one attached hydrogen (secondary N) is 2. The third-order valence-corrected chi connectivity index (χ3v) is 4.51. The van der Waals surface area contributed by atoms with Crippen LogP contribution in [0.3, 0.4) is 0 Å². The van der Waals surface area contributed by atoms with Gasteiger partial charge in [0.1, 0.15) is 0 Å². The van der Waals surface area contributed by atoms with Crippen molar-refractivity contribution < 1.29 is 14.6 Å². The monoisotopic (exact) mass is 299 g/mol. The molecule has 0 spiro atoms. The number of hydrogen-bond acceptors (Lipinski definition) is 5. The number of rotatable bonds is 7. The summed E-state index contributed by atoms with van der Waals surface area (Å²) in [7, 11) is 1.57. The van der Waals surface area contributed by atoms with Crippen LogP contribution in [0.1, 0.15) is 32.1 Å². The van der Waals surface area contributed by atoms with E-state index in [1.165, 1.54) is 0 Å². The molecule has 0 aliphatic carbocycles. The highest BCUT2D eigenvalue weighted by Gasteiger charge is 2.35. The molecule has 0 aromatic rings. The van der Waals surface area contributed by atoms with Crippen molar-refractivity contribution in [1.82, 2.24) is 15.5 Å². The fourth-order valence-corrected chi connectivity index (χ4v) is 3.40. The SMILES string of the molecule is COCC(O)CCNC(=O)C1CCCN1C1CCNCC1. The van der Waals surface area contributed by atoms with E-state index in [4.69, 9.17) is 4.74 Å². The largest absolute Gasteiger partial charge is 0.391 e. The van der Waals surface area contributed by atoms with Gasteiger partial charge in [0, 0.05) is 19.7 Å². The van der Waals surface area contributed by atoms with Crippen LogP contribution in [0.5, 0.6) is 0 Å². The first-order valence-corrected chi connectivity index (χ1v) is 8.13. The molecule has 2 atom stereocenters. The van der Waals surface area contributed by atoms with Crippen molar-refractivity contribution in [3.63, 3.8) is 0 Å². The summed E-state index contributed by atoms with van der Waals surface area (Å²) in [6.07, 6.45) is 4.37. The molecular weight excluding hydrogens is 270 g/mol. The molecule has 0 aromatic carbocycles. The molecule has 122 valence electrons. The summed E-state index contributed by atoms with van der Waals surface area (Å²) in [6, 6.07) is 0.566. The molecule has 2 fully saturated rings. The van der Waals surface area contributed by atoms with Gasteiger partial charge in [-0.25, -0.2) is 0 Å². The second-order valence-electron chi connectivity index (χ2n) is 6.07. The quantitative estimate of drug-likeness (QED) is 0.603. The summed E-state index contributed by atoms with van der Waals surface area (Å²) < 4.78 is 4.88. The summed E-state index contributed by atoms with van der Waals surface area (Å²) in [5.41, 5.74) is 0. The lowest BCUT2D eigenvalue weighted by molar-refractivity contribution is -0.126. The van der Waals surface area contributed by atoms with E-state index >= 15 is 0 Å². The first kappa shape index (κ1) is 16.7. The number of nitrogens with zero attached hydrogens (tertiary/aromatic N) is 1. The number of ether oxygens (including phenoxy) is 1. The molecule has 2 aliphatic heterocycles. The normalized spacial score (nSPS) is 25.9. The zero-order valence-corrected chi connectivity index (χ0v) is 13.0. The van der Waals surface area contributed by atoms with E-state index in [-0.39, 0.29) is 11.9 Å². The zero-order chi connectivity index (χ0) is 15.1. The van der Waals surface area contributed by atoms with Gasteiger partial charge in [0.05, 0.1) is 18.8 Å². The Morgan fingerprint density at radius 2 is 2.19 bits per heavy atom. The Hall–Kier alpha value is -0.690. The number of carbonyl (C=O) groups excluding carboxylic acids is 1. The maximum absolute atomic E-state index is 12.4. The summed E-state index contributed by atoms with van der Waals surface area (Å²) in [4.78, 5) is 14.7. The minimum atomic E-state index is -0.501. The van der Waals surface area contributed by atoms with Crippen molar-refractivity contribution >= 4 is 5.91 Å². The Balaban J connectivity index is 1.75. The van der Waals surface area contributed by atoms with E-state index in [0.717, 1.165) is 45.3 Å². The smallest absolute Gasteiger partial charge is 0.237 e. The Morgan fingerprint density at radius 1 is 1.43 bits per heavy atom. The highest BCUT2D eigenvalue weighted by molar-refractivity contribution is 5.82. The fraction of sp³-hybridized carbons (Fsp3) is 0.933. The van der Waals surface area contributed by atoms with Crippen molar-refractivity contribution in [2.45, 2.75) is 50.3 Å². The number of amides is 1. The van der Waals surface area contributed by atoms with Crippen molar-refractivity contribution in [3.05, 3.63) is 0 Å². The van der Waals surface area contributed by atoms with Gasteiger partial charge in [-0.15, -0.1) is 0 Å². The third-order valence-electron chi connectivity index (χ3n) is 4.51. The van der Waals surface area contributed by atoms with E-state index in [2.05, 4.69) is 15.5 Å². The van der Waals surface area contributed by atoms with Crippen LogP contribution in [0.25, 0.3) is 0 Å². The number of hydrogen-bond donors (Lipinski definition) is 3. The number of aliphatic hydroxyl groups excluding tert-OH is 1. The molecule has 2 heterocycles. The standard InChI is InChI=1S/C15H29N3O3/c1-21-11-13(19)6-9-17-15(20)14-3-2-10-18(14)12-4-7-16-8-5-12/h12-14,16,19H,2-11H2,1H3,(H,17,20). The number of likely N-dealkylation sites (tertiary alicyclic amines) is 1. The van der Waals surface area contributed by atoms with Crippen molar-refractivity contribution in [2.75, 3.05) is 39.9 Å². The Labute approximate surface area is 127 Å². The van der Waals surface area contributed by atoms with Gasteiger partial charge in [0.15, 0.2) is 0 Å². The van der Waals surface area contributed by atoms with E-state index in [1.807, 2.05) is 0 Å². The minimum Gasteiger partial charge on any atom is -0.391 e. The van der Waals surface area contributed by atoms with Crippen LogP contribution in [0.4, 0.5) is 0 Å². The maximum Gasteiger partial charge on any atom is 0.237 e. The molecule has 2 saturated heterocycles. The molecule has 0 radical (unpaired) electrons. The average Bonchev–Trinajstić information content (AvgIpc) is 2.98. The molecule has 0 saturated carbocycles. The van der Waals surface area contributed by atoms with Crippen LogP contribution in [-0.2, 0) is 9.53 Å². The average molecular weight is 299 g/mol. The van der Waals surface area contributed by atoms with Crippen molar-refractivity contribution in [2.24, 2.45) is 0 Å². The molecule has 3 N–H and O–H groups in total. The van der Waals surface area contributed by atoms with Crippen molar-refractivity contribution in [3.8, 4) is 0 Å². The van der Waals surface area contributed by atoms with E-state index in [0.29, 0.717) is 25.6 Å². The molecule has 0 bridgehead atoms. The van der Waals surface area contributed by atoms with Crippen LogP contribution >= 0.6 is 0 Å². The third kappa shape index (κ3) is 4.92. The van der Waals surface area contributed by atoms with E-state index in [1.54, 1.807) is 7.11 Å². The van der Waals surface area contributed by atoms with Crippen LogP contribution < -0.4 is 10.6 Å². The fourth-order valence-electron chi connectivity index (χ4n) is 3.40. The van der Waals surface area contributed by atoms with E-state index in [9.17, 15) is 9.90 Å². The molecule has 2 aliphatic rings. The number of methoxy groups -OCH3 is 1. The van der Waals surface area contributed by atoms with E-state index < -0.39 is 6.10 Å². The molecule has 2 unspecified atom stereocenters. The first-order valence-electron chi connectivity index (χ1n) is 8.13. The lowest BCUT2D eigenvalue weighted by Gasteiger charge is -2.35. The molecule has 1 amide bonds. The molecular formula is C15H29N3O3. The summed E-state index contributed by atoms with van der Waals surface area (Å²) in [5, 5.41) is 15.9. The first-order chi connectivity index (χ1) is 10.2. The number of aliphatic hydroxyl groups is 1. The van der Waals surface area contributed by atoms with Gasteiger partial charge in [-0.1, -0.05) is 0 Å².